The van der Waals surface area contributed by atoms with E-state index in [2.05, 4.69) is 27.1 Å². The number of aryl methyl sites for hydroxylation is 1. The SMILES string of the molecule is O=c1ccc2c([nH]1)CCCC2Nc1ccsc1. The van der Waals surface area contributed by atoms with Crippen LogP contribution in [-0.2, 0) is 6.42 Å². The van der Waals surface area contributed by atoms with Crippen LogP contribution in [0.3, 0.4) is 0 Å². The van der Waals surface area contributed by atoms with Crippen LogP contribution in [0.4, 0.5) is 5.69 Å². The number of aromatic nitrogens is 1. The first-order chi connectivity index (χ1) is 8.33. The van der Waals surface area contributed by atoms with Crippen molar-refractivity contribution in [2.24, 2.45) is 0 Å². The van der Waals surface area contributed by atoms with Crippen LogP contribution in [0.5, 0.6) is 0 Å². The van der Waals surface area contributed by atoms with Gasteiger partial charge in [-0.15, -0.1) is 0 Å². The summed E-state index contributed by atoms with van der Waals surface area (Å²) in [6.07, 6.45) is 3.22. The van der Waals surface area contributed by atoms with Gasteiger partial charge in [0.25, 0.3) is 0 Å². The van der Waals surface area contributed by atoms with Crippen molar-refractivity contribution < 1.29 is 0 Å². The molecule has 1 aliphatic carbocycles. The lowest BCUT2D eigenvalue weighted by molar-refractivity contribution is 0.587. The Morgan fingerprint density at radius 2 is 2.29 bits per heavy atom. The summed E-state index contributed by atoms with van der Waals surface area (Å²) in [5, 5.41) is 7.70. The van der Waals surface area contributed by atoms with Gasteiger partial charge in [0.2, 0.25) is 5.56 Å². The highest BCUT2D eigenvalue weighted by atomic mass is 32.1. The maximum absolute atomic E-state index is 11.3. The van der Waals surface area contributed by atoms with Gasteiger partial charge in [-0.3, -0.25) is 4.79 Å². The van der Waals surface area contributed by atoms with Gasteiger partial charge in [-0.05, 0) is 42.3 Å². The molecule has 0 saturated carbocycles. The molecule has 0 radical (unpaired) electrons. The normalized spacial score (nSPS) is 18.7. The fourth-order valence-electron chi connectivity index (χ4n) is 2.40. The molecule has 1 atom stereocenters. The topological polar surface area (TPSA) is 44.9 Å². The Morgan fingerprint density at radius 1 is 1.35 bits per heavy atom. The summed E-state index contributed by atoms with van der Waals surface area (Å²) in [6, 6.07) is 5.99. The summed E-state index contributed by atoms with van der Waals surface area (Å²) in [4.78, 5) is 14.2. The Labute approximate surface area is 104 Å². The molecule has 2 heterocycles. The number of rotatable bonds is 2. The van der Waals surface area contributed by atoms with Crippen molar-refractivity contribution in [1.82, 2.24) is 4.98 Å². The van der Waals surface area contributed by atoms with Crippen molar-refractivity contribution in [3.05, 3.63) is 50.6 Å². The van der Waals surface area contributed by atoms with Crippen LogP contribution < -0.4 is 10.9 Å². The zero-order chi connectivity index (χ0) is 11.7. The fraction of sp³-hybridized carbons (Fsp3) is 0.308. The molecule has 0 amide bonds. The average Bonchev–Trinajstić information content (AvgIpc) is 2.82. The minimum atomic E-state index is -0.0000617. The van der Waals surface area contributed by atoms with E-state index in [4.69, 9.17) is 0 Å². The molecule has 3 rings (SSSR count). The van der Waals surface area contributed by atoms with Gasteiger partial charge in [0.05, 0.1) is 6.04 Å². The molecule has 3 nitrogen and oxygen atoms in total. The number of nitrogens with one attached hydrogen (secondary N) is 2. The van der Waals surface area contributed by atoms with E-state index in [-0.39, 0.29) is 5.56 Å². The van der Waals surface area contributed by atoms with Gasteiger partial charge in [-0.25, -0.2) is 0 Å². The quantitative estimate of drug-likeness (QED) is 0.855. The highest BCUT2D eigenvalue weighted by Gasteiger charge is 2.20. The minimum Gasteiger partial charge on any atom is -0.377 e. The van der Waals surface area contributed by atoms with Crippen molar-refractivity contribution in [3.8, 4) is 0 Å². The minimum absolute atomic E-state index is 0.0000617. The summed E-state index contributed by atoms with van der Waals surface area (Å²) in [6.45, 7) is 0. The molecule has 0 aromatic carbocycles. The van der Waals surface area contributed by atoms with Crippen LogP contribution in [0.15, 0.2) is 33.8 Å². The van der Waals surface area contributed by atoms with E-state index >= 15 is 0 Å². The second-order valence-corrected chi connectivity index (χ2v) is 5.14. The standard InChI is InChI=1S/C13H14N2OS/c16-13-5-4-10-11(2-1-3-12(10)15-13)14-9-6-7-17-8-9/h4-8,11,14H,1-3H2,(H,15,16). The zero-order valence-corrected chi connectivity index (χ0v) is 10.2. The van der Waals surface area contributed by atoms with E-state index in [0.717, 1.165) is 25.0 Å². The summed E-state index contributed by atoms with van der Waals surface area (Å²) in [5.41, 5.74) is 3.50. The number of aromatic amines is 1. The summed E-state index contributed by atoms with van der Waals surface area (Å²) < 4.78 is 0. The Morgan fingerprint density at radius 3 is 3.12 bits per heavy atom. The molecule has 17 heavy (non-hydrogen) atoms. The first kappa shape index (κ1) is 10.6. The highest BCUT2D eigenvalue weighted by Crippen LogP contribution is 2.31. The first-order valence-corrected chi connectivity index (χ1v) is 6.78. The second-order valence-electron chi connectivity index (χ2n) is 4.36. The largest absolute Gasteiger partial charge is 0.377 e. The average molecular weight is 246 g/mol. The van der Waals surface area contributed by atoms with Crippen molar-refractivity contribution in [3.63, 3.8) is 0 Å². The molecule has 0 fully saturated rings. The van der Waals surface area contributed by atoms with E-state index < -0.39 is 0 Å². The van der Waals surface area contributed by atoms with Crippen LogP contribution >= 0.6 is 11.3 Å². The molecule has 2 aromatic rings. The number of hydrogen-bond acceptors (Lipinski definition) is 3. The smallest absolute Gasteiger partial charge is 0.248 e. The van der Waals surface area contributed by atoms with Crippen LogP contribution in [0.2, 0.25) is 0 Å². The lowest BCUT2D eigenvalue weighted by Crippen LogP contribution is -2.21. The molecule has 2 N–H and O–H groups in total. The van der Waals surface area contributed by atoms with Gasteiger partial charge in [0.1, 0.15) is 0 Å². The maximum atomic E-state index is 11.3. The zero-order valence-electron chi connectivity index (χ0n) is 9.40. The van der Waals surface area contributed by atoms with Gasteiger partial charge in [0, 0.05) is 22.8 Å². The third kappa shape index (κ3) is 2.13. The van der Waals surface area contributed by atoms with Crippen LogP contribution in [-0.4, -0.2) is 4.98 Å². The Kier molecular flexibility index (Phi) is 2.73. The third-order valence-corrected chi connectivity index (χ3v) is 3.88. The molecule has 88 valence electrons. The van der Waals surface area contributed by atoms with E-state index in [0.29, 0.717) is 6.04 Å². The Balaban J connectivity index is 1.91. The number of thiophene rings is 1. The summed E-state index contributed by atoms with van der Waals surface area (Å²) >= 11 is 1.69. The Bertz CT molecular complexity index is 559. The number of pyridine rings is 1. The number of fused-ring (bicyclic) bond motifs is 1. The summed E-state index contributed by atoms with van der Waals surface area (Å²) in [7, 11) is 0. The first-order valence-electron chi connectivity index (χ1n) is 5.84. The lowest BCUT2D eigenvalue weighted by atomic mass is 9.91. The van der Waals surface area contributed by atoms with Crippen molar-refractivity contribution in [2.45, 2.75) is 25.3 Å². The van der Waals surface area contributed by atoms with E-state index in [1.54, 1.807) is 17.4 Å². The van der Waals surface area contributed by atoms with Gasteiger partial charge in [-0.1, -0.05) is 0 Å². The lowest BCUT2D eigenvalue weighted by Gasteiger charge is -2.26. The van der Waals surface area contributed by atoms with E-state index in [1.165, 1.54) is 11.3 Å². The molecule has 2 aromatic heterocycles. The molecule has 0 spiro atoms. The van der Waals surface area contributed by atoms with Crippen molar-refractivity contribution in [2.75, 3.05) is 5.32 Å². The molecule has 1 aliphatic rings. The fourth-order valence-corrected chi connectivity index (χ4v) is 3.00. The molecule has 4 heteroatoms. The van der Waals surface area contributed by atoms with Crippen molar-refractivity contribution in [1.29, 1.82) is 0 Å². The monoisotopic (exact) mass is 246 g/mol. The van der Waals surface area contributed by atoms with Gasteiger partial charge in [0.15, 0.2) is 0 Å². The van der Waals surface area contributed by atoms with E-state index in [1.807, 2.05) is 6.07 Å². The predicted octanol–water partition coefficient (Wildman–Crippen LogP) is 2.93. The molecular weight excluding hydrogens is 232 g/mol. The Hall–Kier alpha value is -1.55. The number of H-pyrrole nitrogens is 1. The third-order valence-electron chi connectivity index (χ3n) is 3.19. The predicted molar refractivity (Wildman–Crippen MR) is 70.7 cm³/mol. The highest BCUT2D eigenvalue weighted by molar-refractivity contribution is 7.08. The van der Waals surface area contributed by atoms with Crippen LogP contribution in [0, 0.1) is 0 Å². The second kappa shape index (κ2) is 4.37. The molecule has 0 bridgehead atoms. The molecule has 0 aliphatic heterocycles. The van der Waals surface area contributed by atoms with Gasteiger partial charge in [-0.2, -0.15) is 11.3 Å². The van der Waals surface area contributed by atoms with E-state index in [9.17, 15) is 4.79 Å². The van der Waals surface area contributed by atoms with Crippen molar-refractivity contribution >= 4 is 17.0 Å². The molecule has 0 saturated heterocycles. The number of hydrogen-bond donors (Lipinski definition) is 2. The van der Waals surface area contributed by atoms with Crippen LogP contribution in [0.25, 0.3) is 0 Å². The van der Waals surface area contributed by atoms with Gasteiger partial charge >= 0.3 is 0 Å². The van der Waals surface area contributed by atoms with Gasteiger partial charge < -0.3 is 10.3 Å². The number of anilines is 1. The maximum Gasteiger partial charge on any atom is 0.248 e. The molecular formula is C13H14N2OS. The molecule has 1 unspecified atom stereocenters. The summed E-state index contributed by atoms with van der Waals surface area (Å²) in [5.74, 6) is 0. The van der Waals surface area contributed by atoms with Crippen LogP contribution in [0.1, 0.15) is 30.1 Å².